The molecule has 0 amide bonds. The van der Waals surface area contributed by atoms with Crippen LogP contribution in [0.5, 0.6) is 11.5 Å². The number of thiophene rings is 1. The van der Waals surface area contributed by atoms with Crippen molar-refractivity contribution < 1.29 is 10.2 Å². The van der Waals surface area contributed by atoms with Crippen LogP contribution in [0, 0.1) is 11.8 Å². The van der Waals surface area contributed by atoms with Crippen LogP contribution in [0.4, 0.5) is 0 Å². The highest BCUT2D eigenvalue weighted by Gasteiger charge is 2.13. The van der Waals surface area contributed by atoms with Gasteiger partial charge in [-0.15, -0.1) is 11.3 Å². The third kappa shape index (κ3) is 3.99. The Labute approximate surface area is 185 Å². The molecule has 1 aromatic heterocycles. The van der Waals surface area contributed by atoms with Crippen LogP contribution in [-0.4, -0.2) is 10.2 Å². The van der Waals surface area contributed by atoms with Crippen LogP contribution in [0.1, 0.15) is 22.3 Å². The molecule has 5 rings (SSSR count). The van der Waals surface area contributed by atoms with Crippen molar-refractivity contribution in [1.29, 1.82) is 0 Å². The minimum atomic E-state index is 0.108. The second kappa shape index (κ2) is 8.18. The zero-order valence-corrected chi connectivity index (χ0v) is 17.6. The van der Waals surface area contributed by atoms with Gasteiger partial charge in [-0.1, -0.05) is 54.3 Å². The summed E-state index contributed by atoms with van der Waals surface area (Å²) in [4.78, 5) is 0. The van der Waals surface area contributed by atoms with E-state index in [4.69, 9.17) is 0 Å². The SMILES string of the molecule is Oc1cc2ccc(C#CCc3ccc4sccc4c3)cc2c(O)c1Cc1ccccc1. The van der Waals surface area contributed by atoms with Gasteiger partial charge in [-0.25, -0.2) is 0 Å². The second-order valence-corrected chi connectivity index (χ2v) is 8.54. The fourth-order valence-corrected chi connectivity index (χ4v) is 4.60. The van der Waals surface area contributed by atoms with Gasteiger partial charge in [-0.05, 0) is 63.7 Å². The fourth-order valence-electron chi connectivity index (χ4n) is 3.83. The number of fused-ring (bicyclic) bond motifs is 2. The largest absolute Gasteiger partial charge is 0.507 e. The lowest BCUT2D eigenvalue weighted by atomic mass is 9.97. The number of hydrogen-bond acceptors (Lipinski definition) is 3. The van der Waals surface area contributed by atoms with E-state index < -0.39 is 0 Å². The van der Waals surface area contributed by atoms with Gasteiger partial charge in [0, 0.05) is 34.1 Å². The van der Waals surface area contributed by atoms with Gasteiger partial charge < -0.3 is 10.2 Å². The molecule has 0 spiro atoms. The topological polar surface area (TPSA) is 40.5 Å². The van der Waals surface area contributed by atoms with E-state index in [-0.39, 0.29) is 11.5 Å². The Morgan fingerprint density at radius 3 is 2.52 bits per heavy atom. The van der Waals surface area contributed by atoms with Crippen molar-refractivity contribution >= 4 is 32.2 Å². The molecule has 2 nitrogen and oxygen atoms in total. The Bertz CT molecular complexity index is 1450. The van der Waals surface area contributed by atoms with Gasteiger partial charge in [0.05, 0.1) is 0 Å². The highest BCUT2D eigenvalue weighted by molar-refractivity contribution is 7.17. The smallest absolute Gasteiger partial charge is 0.130 e. The van der Waals surface area contributed by atoms with Gasteiger partial charge in [0.15, 0.2) is 0 Å². The van der Waals surface area contributed by atoms with Crippen molar-refractivity contribution in [3.63, 3.8) is 0 Å². The van der Waals surface area contributed by atoms with Gasteiger partial charge in [0.25, 0.3) is 0 Å². The minimum absolute atomic E-state index is 0.108. The number of rotatable bonds is 3. The molecule has 3 heteroatoms. The molecule has 0 unspecified atom stereocenters. The Balaban J connectivity index is 1.44. The Hall–Kier alpha value is -3.74. The van der Waals surface area contributed by atoms with E-state index in [0.717, 1.165) is 16.5 Å². The summed E-state index contributed by atoms with van der Waals surface area (Å²) in [5.41, 5.74) is 3.60. The van der Waals surface area contributed by atoms with E-state index in [1.54, 1.807) is 17.4 Å². The van der Waals surface area contributed by atoms with E-state index >= 15 is 0 Å². The van der Waals surface area contributed by atoms with Crippen molar-refractivity contribution in [2.75, 3.05) is 0 Å². The summed E-state index contributed by atoms with van der Waals surface area (Å²) in [5, 5.41) is 26.2. The van der Waals surface area contributed by atoms with Crippen LogP contribution in [0.3, 0.4) is 0 Å². The van der Waals surface area contributed by atoms with Crippen molar-refractivity contribution in [3.05, 3.63) is 106 Å². The first-order valence-corrected chi connectivity index (χ1v) is 11.0. The van der Waals surface area contributed by atoms with Gasteiger partial charge in [-0.3, -0.25) is 0 Å². The first-order valence-electron chi connectivity index (χ1n) is 10.1. The number of phenols is 2. The molecule has 150 valence electrons. The summed E-state index contributed by atoms with van der Waals surface area (Å²) in [5.74, 6) is 6.69. The molecule has 1 heterocycles. The van der Waals surface area contributed by atoms with E-state index in [1.807, 2.05) is 48.5 Å². The highest BCUT2D eigenvalue weighted by Crippen LogP contribution is 2.37. The molecular weight excluding hydrogens is 400 g/mol. The standard InChI is InChI=1S/C28H20O2S/c29-26-18-22-11-9-21(8-4-7-20-10-12-27-23(15-20)13-14-31-27)16-24(22)28(30)25(26)17-19-5-2-1-3-6-19/h1-3,5-6,9-16,18,29-30H,7,17H2. The van der Waals surface area contributed by atoms with Crippen LogP contribution >= 0.6 is 11.3 Å². The molecule has 0 aliphatic heterocycles. The Morgan fingerprint density at radius 1 is 0.774 bits per heavy atom. The van der Waals surface area contributed by atoms with E-state index in [1.165, 1.54) is 15.6 Å². The summed E-state index contributed by atoms with van der Waals surface area (Å²) in [6, 6.07) is 25.8. The fraction of sp³-hybridized carbons (Fsp3) is 0.0714. The predicted molar refractivity (Wildman–Crippen MR) is 129 cm³/mol. The number of phenolic OH excluding ortho intramolecular Hbond substituents is 2. The number of hydrogen-bond donors (Lipinski definition) is 2. The lowest BCUT2D eigenvalue weighted by Gasteiger charge is -2.11. The maximum absolute atomic E-state index is 10.9. The summed E-state index contributed by atoms with van der Waals surface area (Å²) >= 11 is 1.74. The van der Waals surface area contributed by atoms with Crippen molar-refractivity contribution in [2.45, 2.75) is 12.8 Å². The summed E-state index contributed by atoms with van der Waals surface area (Å²) in [6.07, 6.45) is 1.14. The molecule has 0 saturated carbocycles. The van der Waals surface area contributed by atoms with Gasteiger partial charge in [-0.2, -0.15) is 0 Å². The van der Waals surface area contributed by atoms with E-state index in [0.29, 0.717) is 23.8 Å². The zero-order valence-electron chi connectivity index (χ0n) is 16.8. The third-order valence-electron chi connectivity index (χ3n) is 5.46. The van der Waals surface area contributed by atoms with Crippen LogP contribution in [0.2, 0.25) is 0 Å². The van der Waals surface area contributed by atoms with Crippen molar-refractivity contribution in [1.82, 2.24) is 0 Å². The molecule has 2 N–H and O–H groups in total. The van der Waals surface area contributed by atoms with Crippen molar-refractivity contribution in [3.8, 4) is 23.3 Å². The van der Waals surface area contributed by atoms with Gasteiger partial charge in [0.1, 0.15) is 11.5 Å². The monoisotopic (exact) mass is 420 g/mol. The number of benzene rings is 4. The molecule has 4 aromatic carbocycles. The highest BCUT2D eigenvalue weighted by atomic mass is 32.1. The summed E-state index contributed by atoms with van der Waals surface area (Å²) in [7, 11) is 0. The van der Waals surface area contributed by atoms with Crippen LogP contribution in [-0.2, 0) is 12.8 Å². The average molecular weight is 421 g/mol. The Kier molecular flexibility index (Phi) is 5.08. The van der Waals surface area contributed by atoms with Crippen LogP contribution < -0.4 is 0 Å². The average Bonchev–Trinajstić information content (AvgIpc) is 3.26. The summed E-state index contributed by atoms with van der Waals surface area (Å²) in [6.45, 7) is 0. The predicted octanol–water partition coefficient (Wildman–Crippen LogP) is 6.65. The third-order valence-corrected chi connectivity index (χ3v) is 6.36. The quantitative estimate of drug-likeness (QED) is 0.321. The summed E-state index contributed by atoms with van der Waals surface area (Å²) < 4.78 is 1.29. The molecule has 0 saturated heterocycles. The molecule has 0 aliphatic carbocycles. The van der Waals surface area contributed by atoms with Crippen LogP contribution in [0.25, 0.3) is 20.9 Å². The lowest BCUT2D eigenvalue weighted by molar-refractivity contribution is 0.445. The zero-order chi connectivity index (χ0) is 21.2. The first kappa shape index (κ1) is 19.2. The molecular formula is C28H20O2S. The molecule has 31 heavy (non-hydrogen) atoms. The molecule has 5 aromatic rings. The lowest BCUT2D eigenvalue weighted by Crippen LogP contribution is -1.91. The second-order valence-electron chi connectivity index (χ2n) is 7.59. The molecule has 0 radical (unpaired) electrons. The van der Waals surface area contributed by atoms with Gasteiger partial charge in [0.2, 0.25) is 0 Å². The van der Waals surface area contributed by atoms with Crippen molar-refractivity contribution in [2.24, 2.45) is 0 Å². The van der Waals surface area contributed by atoms with E-state index in [2.05, 4.69) is 41.5 Å². The normalized spacial score (nSPS) is 10.8. The maximum atomic E-state index is 10.9. The Morgan fingerprint density at radius 2 is 1.65 bits per heavy atom. The van der Waals surface area contributed by atoms with E-state index in [9.17, 15) is 10.2 Å². The molecule has 0 fully saturated rings. The van der Waals surface area contributed by atoms with Crippen LogP contribution in [0.15, 0.2) is 84.2 Å². The molecule has 0 atom stereocenters. The maximum Gasteiger partial charge on any atom is 0.130 e. The molecule has 0 aliphatic rings. The van der Waals surface area contributed by atoms with Gasteiger partial charge >= 0.3 is 0 Å². The molecule has 0 bridgehead atoms. The first-order chi connectivity index (χ1) is 15.2. The minimum Gasteiger partial charge on any atom is -0.507 e. The number of aromatic hydroxyl groups is 2.